The summed E-state index contributed by atoms with van der Waals surface area (Å²) in [5.41, 5.74) is 1.05. The van der Waals surface area contributed by atoms with Gasteiger partial charge in [0.15, 0.2) is 25.0 Å². The van der Waals surface area contributed by atoms with Crippen molar-refractivity contribution in [2.75, 3.05) is 13.7 Å². The Morgan fingerprint density at radius 3 is 1.57 bits per heavy atom. The van der Waals surface area contributed by atoms with E-state index in [1.807, 2.05) is 24.3 Å². The number of allylic oxidation sites excluding steroid dienone is 1. The van der Waals surface area contributed by atoms with Crippen LogP contribution in [0.4, 0.5) is 0 Å². The minimum Gasteiger partial charge on any atom is -0.497 e. The minimum atomic E-state index is -2.29. The first-order valence-electron chi connectivity index (χ1n) is 18.7. The first-order valence-corrected chi connectivity index (χ1v) is 27.4. The van der Waals surface area contributed by atoms with E-state index in [2.05, 4.69) is 135 Å². The first-order chi connectivity index (χ1) is 22.1. The Balaban J connectivity index is 3.58. The molecule has 0 aromatic heterocycles. The molecule has 1 aromatic carbocycles. The Morgan fingerprint density at radius 1 is 0.694 bits per heavy atom. The highest BCUT2D eigenvalue weighted by Gasteiger charge is 2.48. The number of hydrogen-bond donors (Lipinski definition) is 1. The molecular weight excluding hydrogens is 661 g/mol. The Labute approximate surface area is 306 Å². The van der Waals surface area contributed by atoms with Crippen molar-refractivity contribution >= 4 is 25.0 Å². The molecule has 1 N–H and O–H groups in total. The molecule has 0 radical (unpaired) electrons. The molecule has 0 spiro atoms. The lowest BCUT2D eigenvalue weighted by atomic mass is 9.91. The molecule has 0 saturated carbocycles. The molecule has 0 heterocycles. The van der Waals surface area contributed by atoms with E-state index in [0.717, 1.165) is 17.7 Å². The highest BCUT2D eigenvalue weighted by atomic mass is 28.4. The van der Waals surface area contributed by atoms with Crippen LogP contribution >= 0.6 is 0 Å². The molecule has 1 rings (SSSR count). The fourth-order valence-corrected chi connectivity index (χ4v) is 9.06. The molecule has 1 aromatic rings. The van der Waals surface area contributed by atoms with Crippen LogP contribution in [0, 0.1) is 11.8 Å². The number of methoxy groups -OCH3 is 1. The van der Waals surface area contributed by atoms with E-state index in [1.165, 1.54) is 0 Å². The van der Waals surface area contributed by atoms with Crippen molar-refractivity contribution in [2.45, 2.75) is 181 Å². The van der Waals surface area contributed by atoms with Crippen LogP contribution < -0.4 is 4.74 Å². The highest BCUT2D eigenvalue weighted by Crippen LogP contribution is 2.43. The summed E-state index contributed by atoms with van der Waals surface area (Å²) in [4.78, 5) is 0. The van der Waals surface area contributed by atoms with Gasteiger partial charge in [-0.3, -0.25) is 0 Å². The van der Waals surface area contributed by atoms with E-state index in [-0.39, 0.29) is 58.0 Å². The fraction of sp³-hybridized carbons (Fsp3) is 0.800. The summed E-state index contributed by atoms with van der Waals surface area (Å²) < 4.78 is 33.6. The van der Waals surface area contributed by atoms with Gasteiger partial charge in [0.05, 0.1) is 32.0 Å². The number of rotatable bonds is 19. The zero-order valence-corrected chi connectivity index (χ0v) is 38.2. The van der Waals surface area contributed by atoms with Gasteiger partial charge in [-0.2, -0.15) is 0 Å². The second-order valence-corrected chi connectivity index (χ2v) is 33.2. The standard InChI is InChI=1S/C40H78O6Si3/c1-30(32(3)44-47(14,15)38(4,5)6)21-20-22-31(2)36(45-48(16,17)39(7,8)9)37(46-49(18,19)40(10,11)12)35(27-28-41)43-29-33-23-25-34(42-13)26-24-33/h20-21,23-26,30-32,35-37,41H,22,27-29H2,1-19H3/b21-20+/t30-,31-,32+,35+,36-,37+/m1/s1. The van der Waals surface area contributed by atoms with Gasteiger partial charge in [0.25, 0.3) is 0 Å². The zero-order valence-electron chi connectivity index (χ0n) is 35.2. The Kier molecular flexibility index (Phi) is 17.3. The molecule has 0 amide bonds. The van der Waals surface area contributed by atoms with Gasteiger partial charge < -0.3 is 27.9 Å². The number of ether oxygens (including phenoxy) is 2. The molecular formula is C40H78O6Si3. The van der Waals surface area contributed by atoms with E-state index in [0.29, 0.717) is 13.0 Å². The minimum absolute atomic E-state index is 0.00855. The molecule has 6 nitrogen and oxygen atoms in total. The van der Waals surface area contributed by atoms with Crippen LogP contribution in [-0.4, -0.2) is 68.2 Å². The largest absolute Gasteiger partial charge is 0.497 e. The number of benzene rings is 1. The van der Waals surface area contributed by atoms with Crippen LogP contribution in [0.3, 0.4) is 0 Å². The predicted octanol–water partition coefficient (Wildman–Crippen LogP) is 11.4. The molecule has 0 unspecified atom stereocenters. The van der Waals surface area contributed by atoms with Gasteiger partial charge >= 0.3 is 0 Å². The lowest BCUT2D eigenvalue weighted by Gasteiger charge is -2.48. The van der Waals surface area contributed by atoms with E-state index < -0.39 is 25.0 Å². The summed E-state index contributed by atoms with van der Waals surface area (Å²) in [5.74, 6) is 1.25. The maximum atomic E-state index is 10.4. The maximum absolute atomic E-state index is 10.4. The van der Waals surface area contributed by atoms with E-state index >= 15 is 0 Å². The predicted molar refractivity (Wildman–Crippen MR) is 217 cm³/mol. The average Bonchev–Trinajstić information content (AvgIpc) is 2.95. The average molecular weight is 739 g/mol. The van der Waals surface area contributed by atoms with Gasteiger partial charge in [-0.15, -0.1) is 0 Å². The third-order valence-electron chi connectivity index (χ3n) is 11.7. The van der Waals surface area contributed by atoms with Gasteiger partial charge in [-0.05, 0) is 104 Å². The van der Waals surface area contributed by atoms with Crippen LogP contribution in [0.5, 0.6) is 5.75 Å². The monoisotopic (exact) mass is 739 g/mol. The Hall–Kier alpha value is -0.789. The van der Waals surface area contributed by atoms with Gasteiger partial charge in [0.2, 0.25) is 0 Å². The number of aliphatic hydroxyl groups is 1. The van der Waals surface area contributed by atoms with Crippen molar-refractivity contribution in [1.29, 1.82) is 0 Å². The lowest BCUT2D eigenvalue weighted by molar-refractivity contribution is -0.103. The highest BCUT2D eigenvalue weighted by molar-refractivity contribution is 6.75. The second-order valence-electron chi connectivity index (χ2n) is 19.0. The molecule has 0 aliphatic heterocycles. The summed E-state index contributed by atoms with van der Waals surface area (Å²) in [7, 11) is -4.72. The van der Waals surface area contributed by atoms with Gasteiger partial charge in [-0.1, -0.05) is 100 Å². The molecule has 0 fully saturated rings. The third-order valence-corrected chi connectivity index (χ3v) is 25.3. The smallest absolute Gasteiger partial charge is 0.192 e. The topological polar surface area (TPSA) is 66.4 Å². The first kappa shape index (κ1) is 46.2. The van der Waals surface area contributed by atoms with Gasteiger partial charge in [0.1, 0.15) is 5.75 Å². The molecule has 0 aliphatic rings. The lowest BCUT2D eigenvalue weighted by Crippen LogP contribution is -2.57. The maximum Gasteiger partial charge on any atom is 0.192 e. The molecule has 0 bridgehead atoms. The van der Waals surface area contributed by atoms with Gasteiger partial charge in [0, 0.05) is 12.7 Å². The molecule has 0 saturated heterocycles. The van der Waals surface area contributed by atoms with Crippen molar-refractivity contribution in [3.8, 4) is 5.75 Å². The fourth-order valence-electron chi connectivity index (χ4n) is 4.84. The summed E-state index contributed by atoms with van der Waals surface area (Å²) in [5, 5.41) is 10.6. The van der Waals surface area contributed by atoms with Crippen molar-refractivity contribution in [1.82, 2.24) is 0 Å². The molecule has 286 valence electrons. The molecule has 6 atom stereocenters. The number of hydrogen-bond acceptors (Lipinski definition) is 6. The van der Waals surface area contributed by atoms with Crippen LogP contribution in [0.2, 0.25) is 54.4 Å². The van der Waals surface area contributed by atoms with Crippen LogP contribution in [-0.2, 0) is 24.6 Å². The SMILES string of the molecule is COc1ccc(CO[C@@H](CCO)[C@H](O[Si](C)(C)C(C)(C)C)[C@H](O[Si](C)(C)C(C)(C)C)[C@H](C)C/C=C/[C@@H](C)[C@H](C)O[Si](C)(C)C(C)(C)C)cc1. The molecule has 9 heteroatoms. The normalized spacial score (nSPS) is 17.9. The van der Waals surface area contributed by atoms with Crippen LogP contribution in [0.1, 0.15) is 101 Å². The van der Waals surface area contributed by atoms with Crippen molar-refractivity contribution in [2.24, 2.45) is 11.8 Å². The van der Waals surface area contributed by atoms with Crippen LogP contribution in [0.15, 0.2) is 36.4 Å². The molecule has 0 aliphatic carbocycles. The summed E-state index contributed by atoms with van der Waals surface area (Å²) >= 11 is 0. The van der Waals surface area contributed by atoms with E-state index in [9.17, 15) is 5.11 Å². The van der Waals surface area contributed by atoms with Crippen molar-refractivity contribution < 1.29 is 27.9 Å². The number of aliphatic hydroxyl groups excluding tert-OH is 1. The van der Waals surface area contributed by atoms with E-state index in [4.69, 9.17) is 22.8 Å². The zero-order chi connectivity index (χ0) is 38.2. The molecule has 49 heavy (non-hydrogen) atoms. The summed E-state index contributed by atoms with van der Waals surface area (Å²) in [6, 6.07) is 7.99. The summed E-state index contributed by atoms with van der Waals surface area (Å²) in [6.45, 7) is 41.7. The van der Waals surface area contributed by atoms with Crippen LogP contribution in [0.25, 0.3) is 0 Å². The quantitative estimate of drug-likeness (QED) is 0.113. The Bertz CT molecular complexity index is 1130. The third kappa shape index (κ3) is 13.9. The second kappa shape index (κ2) is 18.3. The van der Waals surface area contributed by atoms with Crippen molar-refractivity contribution in [3.63, 3.8) is 0 Å². The summed E-state index contributed by atoms with van der Waals surface area (Å²) in [6.07, 6.45) is 5.19. The van der Waals surface area contributed by atoms with E-state index in [1.54, 1.807) is 7.11 Å². The van der Waals surface area contributed by atoms with Crippen molar-refractivity contribution in [3.05, 3.63) is 42.0 Å². The van der Waals surface area contributed by atoms with Gasteiger partial charge in [-0.25, -0.2) is 0 Å². The Morgan fingerprint density at radius 2 is 1.14 bits per heavy atom.